The summed E-state index contributed by atoms with van der Waals surface area (Å²) in [5.41, 5.74) is -0.793. The van der Waals surface area contributed by atoms with Gasteiger partial charge >= 0.3 is 0 Å². The van der Waals surface area contributed by atoms with Crippen molar-refractivity contribution in [3.63, 3.8) is 0 Å². The van der Waals surface area contributed by atoms with Crippen molar-refractivity contribution in [1.82, 2.24) is 0 Å². The molecule has 0 aliphatic rings. The number of rotatable bonds is 5. The normalized spacial score (nSPS) is 11.6. The Morgan fingerprint density at radius 3 is 2.44 bits per heavy atom. The zero-order valence-corrected chi connectivity index (χ0v) is 9.56. The van der Waals surface area contributed by atoms with Crippen molar-refractivity contribution in [2.24, 2.45) is 0 Å². The summed E-state index contributed by atoms with van der Waals surface area (Å²) >= 11 is 0. The third-order valence-electron chi connectivity index (χ3n) is 2.88. The summed E-state index contributed by atoms with van der Waals surface area (Å²) in [4.78, 5) is 0. The molecule has 4 heteroatoms. The minimum atomic E-state index is -0.906. The highest BCUT2D eigenvalue weighted by molar-refractivity contribution is 5.45. The second kappa shape index (κ2) is 5.25. The van der Waals surface area contributed by atoms with Crippen molar-refractivity contribution in [2.75, 3.05) is 11.9 Å². The average molecular weight is 229 g/mol. The van der Waals surface area contributed by atoms with Gasteiger partial charge in [-0.05, 0) is 25.0 Å². The van der Waals surface area contributed by atoms with Crippen LogP contribution in [-0.2, 0) is 0 Å². The molecule has 2 nitrogen and oxygen atoms in total. The van der Waals surface area contributed by atoms with Crippen molar-refractivity contribution in [2.45, 2.75) is 32.3 Å². The Hall–Kier alpha value is -1.16. The summed E-state index contributed by atoms with van der Waals surface area (Å²) in [6, 6.07) is 3.94. The molecule has 0 heterocycles. The SMILES string of the molecule is CCC(O)(CC)CNc1cccc(F)c1F. The first-order chi connectivity index (χ1) is 7.52. The number of aliphatic hydroxyl groups is 1. The quantitative estimate of drug-likeness (QED) is 0.813. The summed E-state index contributed by atoms with van der Waals surface area (Å²) in [5, 5.41) is 12.7. The molecule has 0 fully saturated rings. The first-order valence-corrected chi connectivity index (χ1v) is 5.42. The van der Waals surface area contributed by atoms with Crippen molar-refractivity contribution in [3.05, 3.63) is 29.8 Å². The van der Waals surface area contributed by atoms with Crippen molar-refractivity contribution < 1.29 is 13.9 Å². The molecule has 1 rings (SSSR count). The third kappa shape index (κ3) is 2.92. The van der Waals surface area contributed by atoms with E-state index in [1.807, 2.05) is 13.8 Å². The van der Waals surface area contributed by atoms with Crippen LogP contribution in [0.5, 0.6) is 0 Å². The van der Waals surface area contributed by atoms with E-state index < -0.39 is 17.2 Å². The fraction of sp³-hybridized carbons (Fsp3) is 0.500. The lowest BCUT2D eigenvalue weighted by Crippen LogP contribution is -2.35. The van der Waals surface area contributed by atoms with E-state index in [4.69, 9.17) is 0 Å². The third-order valence-corrected chi connectivity index (χ3v) is 2.88. The van der Waals surface area contributed by atoms with Crippen molar-refractivity contribution >= 4 is 5.69 Å². The molecule has 2 N–H and O–H groups in total. The van der Waals surface area contributed by atoms with Crippen molar-refractivity contribution in [1.29, 1.82) is 0 Å². The largest absolute Gasteiger partial charge is 0.388 e. The summed E-state index contributed by atoms with van der Waals surface area (Å²) in [6.07, 6.45) is 1.13. The Morgan fingerprint density at radius 1 is 1.25 bits per heavy atom. The molecule has 0 atom stereocenters. The van der Waals surface area contributed by atoms with Gasteiger partial charge < -0.3 is 10.4 Å². The number of hydrogen-bond donors (Lipinski definition) is 2. The highest BCUT2D eigenvalue weighted by Crippen LogP contribution is 2.20. The van der Waals surface area contributed by atoms with Crippen LogP contribution in [0.2, 0.25) is 0 Å². The van der Waals surface area contributed by atoms with Gasteiger partial charge in [-0.25, -0.2) is 8.78 Å². The van der Waals surface area contributed by atoms with Crippen LogP contribution in [0.25, 0.3) is 0 Å². The van der Waals surface area contributed by atoms with Crippen LogP contribution in [0.3, 0.4) is 0 Å². The number of benzene rings is 1. The van der Waals surface area contributed by atoms with Gasteiger partial charge in [0, 0.05) is 6.54 Å². The Bertz CT molecular complexity index is 351. The number of halogens is 2. The van der Waals surface area contributed by atoms with Gasteiger partial charge in [0.15, 0.2) is 11.6 Å². The first kappa shape index (κ1) is 12.9. The number of anilines is 1. The fourth-order valence-electron chi connectivity index (χ4n) is 1.40. The molecular formula is C12H17F2NO. The Labute approximate surface area is 94.3 Å². The molecule has 0 saturated carbocycles. The van der Waals surface area contributed by atoms with E-state index in [2.05, 4.69) is 5.32 Å². The molecule has 0 aromatic heterocycles. The fourth-order valence-corrected chi connectivity index (χ4v) is 1.40. The van der Waals surface area contributed by atoms with Gasteiger partial charge in [0.05, 0.1) is 11.3 Å². The van der Waals surface area contributed by atoms with E-state index >= 15 is 0 Å². The second-order valence-corrected chi connectivity index (χ2v) is 3.89. The monoisotopic (exact) mass is 229 g/mol. The van der Waals surface area contributed by atoms with Gasteiger partial charge in [0.1, 0.15) is 0 Å². The predicted molar refractivity (Wildman–Crippen MR) is 60.4 cm³/mol. The summed E-state index contributed by atoms with van der Waals surface area (Å²) in [5.74, 6) is -1.79. The summed E-state index contributed by atoms with van der Waals surface area (Å²) in [6.45, 7) is 3.92. The summed E-state index contributed by atoms with van der Waals surface area (Å²) in [7, 11) is 0. The zero-order chi connectivity index (χ0) is 12.2. The molecular weight excluding hydrogens is 212 g/mol. The topological polar surface area (TPSA) is 32.3 Å². The lowest BCUT2D eigenvalue weighted by Gasteiger charge is -2.26. The molecule has 90 valence electrons. The van der Waals surface area contributed by atoms with E-state index in [-0.39, 0.29) is 12.2 Å². The van der Waals surface area contributed by atoms with Crippen LogP contribution in [0.1, 0.15) is 26.7 Å². The Morgan fingerprint density at radius 2 is 1.88 bits per heavy atom. The van der Waals surface area contributed by atoms with Gasteiger partial charge in [0.2, 0.25) is 0 Å². The maximum atomic E-state index is 13.3. The smallest absolute Gasteiger partial charge is 0.181 e. The van der Waals surface area contributed by atoms with Crippen LogP contribution in [0.15, 0.2) is 18.2 Å². The van der Waals surface area contributed by atoms with Gasteiger partial charge in [-0.2, -0.15) is 0 Å². The average Bonchev–Trinajstić information content (AvgIpc) is 2.31. The lowest BCUT2D eigenvalue weighted by molar-refractivity contribution is 0.0456. The number of nitrogens with one attached hydrogen (secondary N) is 1. The molecule has 0 spiro atoms. The van der Waals surface area contributed by atoms with Crippen molar-refractivity contribution in [3.8, 4) is 0 Å². The Balaban J connectivity index is 2.71. The standard InChI is InChI=1S/C12H17F2NO/c1-3-12(16,4-2)8-15-10-7-5-6-9(13)11(10)14/h5-7,15-16H,3-4,8H2,1-2H3. The number of hydrogen-bond acceptors (Lipinski definition) is 2. The molecule has 0 bridgehead atoms. The molecule has 0 radical (unpaired) electrons. The van der Waals surface area contributed by atoms with E-state index in [1.54, 1.807) is 0 Å². The highest BCUT2D eigenvalue weighted by Gasteiger charge is 2.22. The molecule has 0 saturated heterocycles. The minimum Gasteiger partial charge on any atom is -0.388 e. The molecule has 0 amide bonds. The Kier molecular flexibility index (Phi) is 4.24. The predicted octanol–water partition coefficient (Wildman–Crippen LogP) is 2.93. The molecule has 0 aliphatic heterocycles. The molecule has 0 unspecified atom stereocenters. The van der Waals surface area contributed by atoms with E-state index in [0.717, 1.165) is 6.07 Å². The van der Waals surface area contributed by atoms with E-state index in [1.165, 1.54) is 12.1 Å². The maximum Gasteiger partial charge on any atom is 0.181 e. The minimum absolute atomic E-state index is 0.0836. The van der Waals surface area contributed by atoms with E-state index in [0.29, 0.717) is 12.8 Å². The van der Waals surface area contributed by atoms with Crippen LogP contribution in [0.4, 0.5) is 14.5 Å². The molecule has 1 aromatic rings. The van der Waals surface area contributed by atoms with Gasteiger partial charge in [0.25, 0.3) is 0 Å². The lowest BCUT2D eigenvalue weighted by atomic mass is 9.97. The zero-order valence-electron chi connectivity index (χ0n) is 9.56. The molecule has 1 aromatic carbocycles. The van der Waals surface area contributed by atoms with E-state index in [9.17, 15) is 13.9 Å². The highest BCUT2D eigenvalue weighted by atomic mass is 19.2. The van der Waals surface area contributed by atoms with Gasteiger partial charge in [-0.1, -0.05) is 19.9 Å². The first-order valence-electron chi connectivity index (χ1n) is 5.42. The second-order valence-electron chi connectivity index (χ2n) is 3.89. The summed E-state index contributed by atoms with van der Waals surface area (Å²) < 4.78 is 26.2. The molecule has 16 heavy (non-hydrogen) atoms. The molecule has 0 aliphatic carbocycles. The van der Waals surface area contributed by atoms with Gasteiger partial charge in [-0.15, -0.1) is 0 Å². The van der Waals surface area contributed by atoms with Crippen LogP contribution >= 0.6 is 0 Å². The van der Waals surface area contributed by atoms with Crippen LogP contribution in [0, 0.1) is 11.6 Å². The van der Waals surface area contributed by atoms with Crippen LogP contribution in [-0.4, -0.2) is 17.3 Å². The van der Waals surface area contributed by atoms with Crippen LogP contribution < -0.4 is 5.32 Å². The maximum absolute atomic E-state index is 13.3. The van der Waals surface area contributed by atoms with Gasteiger partial charge in [-0.3, -0.25) is 0 Å².